The zero-order chi connectivity index (χ0) is 18.4. The van der Waals surface area contributed by atoms with Crippen LogP contribution in [-0.2, 0) is 16.0 Å². The maximum Gasteiger partial charge on any atom is 0.317 e. The van der Waals surface area contributed by atoms with Crippen LogP contribution in [-0.4, -0.2) is 67.2 Å². The topological polar surface area (TPSA) is 61.9 Å². The van der Waals surface area contributed by atoms with Gasteiger partial charge in [-0.15, -0.1) is 0 Å². The van der Waals surface area contributed by atoms with Crippen molar-refractivity contribution < 1.29 is 18.7 Å². The number of ether oxygens (including phenoxy) is 1. The monoisotopic (exact) mass is 363 g/mol. The molecule has 26 heavy (non-hydrogen) atoms. The van der Waals surface area contributed by atoms with Crippen LogP contribution in [0.25, 0.3) is 0 Å². The van der Waals surface area contributed by atoms with Crippen molar-refractivity contribution >= 4 is 11.9 Å². The molecule has 0 atom stereocenters. The number of amides is 3. The molecule has 0 spiro atoms. The van der Waals surface area contributed by atoms with Crippen LogP contribution in [0.15, 0.2) is 24.3 Å². The molecule has 2 aliphatic rings. The summed E-state index contributed by atoms with van der Waals surface area (Å²) in [6.07, 6.45) is 2.38. The van der Waals surface area contributed by atoms with Crippen LogP contribution >= 0.6 is 0 Å². The number of carbonyl (C=O) groups excluding carboxylic acids is 2. The van der Waals surface area contributed by atoms with Gasteiger partial charge < -0.3 is 19.9 Å². The number of urea groups is 1. The van der Waals surface area contributed by atoms with Gasteiger partial charge in [-0.25, -0.2) is 9.18 Å². The fourth-order valence-corrected chi connectivity index (χ4v) is 3.37. The van der Waals surface area contributed by atoms with E-state index in [0.717, 1.165) is 12.8 Å². The van der Waals surface area contributed by atoms with Gasteiger partial charge in [0.1, 0.15) is 5.82 Å². The standard InChI is InChI=1S/C19H26FN3O3/c20-17-4-2-1-3-15(17)5-6-18(24)22-9-11-23(12-10-22)19(25)21-16-7-13-26-14-8-16/h1-4,16H,5-14H2,(H,21,25). The highest BCUT2D eigenvalue weighted by molar-refractivity contribution is 5.78. The molecular weight excluding hydrogens is 337 g/mol. The maximum absolute atomic E-state index is 13.6. The Labute approximate surface area is 153 Å². The molecule has 0 aliphatic carbocycles. The first-order chi connectivity index (χ1) is 12.6. The summed E-state index contributed by atoms with van der Waals surface area (Å²) in [4.78, 5) is 28.2. The lowest BCUT2D eigenvalue weighted by molar-refractivity contribution is -0.132. The average Bonchev–Trinajstić information content (AvgIpc) is 2.68. The number of benzene rings is 1. The third-order valence-corrected chi connectivity index (χ3v) is 5.03. The van der Waals surface area contributed by atoms with Crippen LogP contribution in [0.1, 0.15) is 24.8 Å². The van der Waals surface area contributed by atoms with Gasteiger partial charge in [0.15, 0.2) is 0 Å². The van der Waals surface area contributed by atoms with E-state index in [2.05, 4.69) is 5.32 Å². The molecule has 2 saturated heterocycles. The SMILES string of the molecule is O=C(CCc1ccccc1F)N1CCN(C(=O)NC2CCOCC2)CC1. The number of hydrogen-bond acceptors (Lipinski definition) is 3. The van der Waals surface area contributed by atoms with Gasteiger partial charge in [-0.2, -0.15) is 0 Å². The lowest BCUT2D eigenvalue weighted by atomic mass is 10.1. The molecular formula is C19H26FN3O3. The van der Waals surface area contributed by atoms with Crippen molar-refractivity contribution in [2.75, 3.05) is 39.4 Å². The van der Waals surface area contributed by atoms with E-state index in [1.807, 2.05) is 0 Å². The van der Waals surface area contributed by atoms with Crippen LogP contribution in [0.3, 0.4) is 0 Å². The third kappa shape index (κ3) is 4.94. The number of nitrogens with one attached hydrogen (secondary N) is 1. The van der Waals surface area contributed by atoms with Crippen LogP contribution in [0.4, 0.5) is 9.18 Å². The Hall–Kier alpha value is -2.15. The summed E-state index contributed by atoms with van der Waals surface area (Å²) in [5.74, 6) is -0.257. The summed E-state index contributed by atoms with van der Waals surface area (Å²) in [5.41, 5.74) is 0.565. The number of aryl methyl sites for hydroxylation is 1. The second kappa shape index (κ2) is 8.98. The van der Waals surface area contributed by atoms with E-state index in [1.165, 1.54) is 6.07 Å². The molecule has 142 valence electrons. The van der Waals surface area contributed by atoms with Crippen LogP contribution in [0.2, 0.25) is 0 Å². The van der Waals surface area contributed by atoms with Crippen molar-refractivity contribution in [1.29, 1.82) is 0 Å². The number of piperazine rings is 1. The Morgan fingerprint density at radius 2 is 1.73 bits per heavy atom. The van der Waals surface area contributed by atoms with Crippen molar-refractivity contribution in [3.8, 4) is 0 Å². The number of rotatable bonds is 4. The lowest BCUT2D eigenvalue weighted by Gasteiger charge is -2.36. The summed E-state index contributed by atoms with van der Waals surface area (Å²) < 4.78 is 18.9. The van der Waals surface area contributed by atoms with E-state index < -0.39 is 0 Å². The molecule has 0 radical (unpaired) electrons. The number of hydrogen-bond donors (Lipinski definition) is 1. The third-order valence-electron chi connectivity index (χ3n) is 5.03. The minimum atomic E-state index is -0.269. The first kappa shape index (κ1) is 18.6. The predicted molar refractivity (Wildman–Crippen MR) is 95.2 cm³/mol. The Balaban J connectivity index is 1.40. The highest BCUT2D eigenvalue weighted by Crippen LogP contribution is 2.12. The fourth-order valence-electron chi connectivity index (χ4n) is 3.37. The van der Waals surface area contributed by atoms with Crippen LogP contribution in [0.5, 0.6) is 0 Å². The second-order valence-corrected chi connectivity index (χ2v) is 6.80. The van der Waals surface area contributed by atoms with Gasteiger partial charge in [0.25, 0.3) is 0 Å². The summed E-state index contributed by atoms with van der Waals surface area (Å²) in [7, 11) is 0. The Morgan fingerprint density at radius 1 is 1.08 bits per heavy atom. The van der Waals surface area contributed by atoms with Crippen molar-refractivity contribution in [3.63, 3.8) is 0 Å². The first-order valence-electron chi connectivity index (χ1n) is 9.28. The Kier molecular flexibility index (Phi) is 6.44. The van der Waals surface area contributed by atoms with Crippen molar-refractivity contribution in [3.05, 3.63) is 35.6 Å². The van der Waals surface area contributed by atoms with Gasteiger partial charge in [0, 0.05) is 51.9 Å². The van der Waals surface area contributed by atoms with Gasteiger partial charge in [-0.3, -0.25) is 4.79 Å². The summed E-state index contributed by atoms with van der Waals surface area (Å²) in [6, 6.07) is 6.66. The minimum Gasteiger partial charge on any atom is -0.381 e. The van der Waals surface area contributed by atoms with E-state index in [0.29, 0.717) is 51.4 Å². The van der Waals surface area contributed by atoms with Crippen LogP contribution in [0, 0.1) is 5.82 Å². The number of halogens is 1. The maximum atomic E-state index is 13.6. The molecule has 0 aromatic heterocycles. The van der Waals surface area contributed by atoms with Crippen molar-refractivity contribution in [1.82, 2.24) is 15.1 Å². The van der Waals surface area contributed by atoms with Crippen molar-refractivity contribution in [2.45, 2.75) is 31.7 Å². The van der Waals surface area contributed by atoms with Crippen molar-refractivity contribution in [2.24, 2.45) is 0 Å². The lowest BCUT2D eigenvalue weighted by Crippen LogP contribution is -2.55. The van der Waals surface area contributed by atoms with E-state index in [9.17, 15) is 14.0 Å². The molecule has 7 heteroatoms. The molecule has 1 aromatic rings. The molecule has 1 aromatic carbocycles. The molecule has 6 nitrogen and oxygen atoms in total. The molecule has 2 aliphatic heterocycles. The highest BCUT2D eigenvalue weighted by atomic mass is 19.1. The molecule has 1 N–H and O–H groups in total. The molecule has 2 heterocycles. The average molecular weight is 363 g/mol. The van der Waals surface area contributed by atoms with E-state index in [-0.39, 0.29) is 30.2 Å². The number of nitrogens with zero attached hydrogens (tertiary/aromatic N) is 2. The molecule has 2 fully saturated rings. The van der Waals surface area contributed by atoms with Gasteiger partial charge in [0.05, 0.1) is 0 Å². The van der Waals surface area contributed by atoms with E-state index in [4.69, 9.17) is 4.74 Å². The zero-order valence-electron chi connectivity index (χ0n) is 15.0. The predicted octanol–water partition coefficient (Wildman–Crippen LogP) is 1.79. The molecule has 3 amide bonds. The molecule has 0 unspecified atom stereocenters. The highest BCUT2D eigenvalue weighted by Gasteiger charge is 2.26. The second-order valence-electron chi connectivity index (χ2n) is 6.80. The summed E-state index contributed by atoms with van der Waals surface area (Å²) in [6.45, 7) is 3.49. The van der Waals surface area contributed by atoms with Gasteiger partial charge in [-0.05, 0) is 30.9 Å². The van der Waals surface area contributed by atoms with Gasteiger partial charge >= 0.3 is 6.03 Å². The Morgan fingerprint density at radius 3 is 2.42 bits per heavy atom. The Bertz CT molecular complexity index is 626. The minimum absolute atomic E-state index is 0.0118. The smallest absolute Gasteiger partial charge is 0.317 e. The zero-order valence-corrected chi connectivity index (χ0v) is 15.0. The molecule has 3 rings (SSSR count). The van der Waals surface area contributed by atoms with Gasteiger partial charge in [-0.1, -0.05) is 18.2 Å². The molecule has 0 saturated carbocycles. The number of carbonyl (C=O) groups is 2. The van der Waals surface area contributed by atoms with E-state index in [1.54, 1.807) is 28.0 Å². The molecule has 0 bridgehead atoms. The summed E-state index contributed by atoms with van der Waals surface area (Å²) in [5, 5.41) is 3.05. The van der Waals surface area contributed by atoms with E-state index >= 15 is 0 Å². The first-order valence-corrected chi connectivity index (χ1v) is 9.28. The van der Waals surface area contributed by atoms with Crippen LogP contribution < -0.4 is 5.32 Å². The quantitative estimate of drug-likeness (QED) is 0.887. The normalized spacial score (nSPS) is 18.7. The summed E-state index contributed by atoms with van der Waals surface area (Å²) >= 11 is 0. The fraction of sp³-hybridized carbons (Fsp3) is 0.579. The largest absolute Gasteiger partial charge is 0.381 e. The van der Waals surface area contributed by atoms with Gasteiger partial charge in [0.2, 0.25) is 5.91 Å².